The lowest BCUT2D eigenvalue weighted by Gasteiger charge is -2.33. The Morgan fingerprint density at radius 1 is 1.26 bits per heavy atom. The van der Waals surface area contributed by atoms with Crippen molar-refractivity contribution in [2.75, 3.05) is 11.4 Å². The summed E-state index contributed by atoms with van der Waals surface area (Å²) in [4.78, 5) is 13.5. The maximum atomic E-state index is 11.0. The van der Waals surface area contributed by atoms with Gasteiger partial charge in [-0.15, -0.1) is 0 Å². The monoisotopic (exact) mass is 323 g/mol. The summed E-state index contributed by atoms with van der Waals surface area (Å²) >= 11 is 3.38. The summed E-state index contributed by atoms with van der Waals surface area (Å²) in [7, 11) is 0. The molecule has 1 saturated heterocycles. The second kappa shape index (κ2) is 5.16. The first-order valence-corrected chi connectivity index (χ1v) is 7.75. The van der Waals surface area contributed by atoms with E-state index in [1.165, 1.54) is 32.1 Å². The van der Waals surface area contributed by atoms with Crippen molar-refractivity contribution < 1.29 is 9.90 Å². The van der Waals surface area contributed by atoms with Crippen molar-refractivity contribution in [3.8, 4) is 0 Å². The molecule has 1 saturated carbocycles. The number of carbonyl (C=O) groups is 1. The van der Waals surface area contributed by atoms with Crippen molar-refractivity contribution in [1.82, 2.24) is 0 Å². The summed E-state index contributed by atoms with van der Waals surface area (Å²) < 4.78 is 0.678. The molecule has 2 fully saturated rings. The van der Waals surface area contributed by atoms with Crippen LogP contribution in [0.1, 0.15) is 42.5 Å². The molecule has 19 heavy (non-hydrogen) atoms. The minimum atomic E-state index is -0.879. The Hall–Kier alpha value is -1.03. The molecule has 4 heteroatoms. The zero-order valence-electron chi connectivity index (χ0n) is 10.8. The maximum absolute atomic E-state index is 11.0. The summed E-state index contributed by atoms with van der Waals surface area (Å²) in [6.45, 7) is 1.11. The molecular formula is C15H18BrNO2. The van der Waals surface area contributed by atoms with Gasteiger partial charge in [-0.1, -0.05) is 12.8 Å². The number of hydrogen-bond acceptors (Lipinski definition) is 2. The van der Waals surface area contributed by atoms with Crippen LogP contribution in [0, 0.1) is 5.92 Å². The number of rotatable bonds is 2. The predicted octanol–water partition coefficient (Wildman–Crippen LogP) is 3.92. The molecule has 1 aliphatic heterocycles. The number of fused-ring (bicyclic) bond motifs is 1. The van der Waals surface area contributed by atoms with Crippen LogP contribution in [-0.2, 0) is 0 Å². The van der Waals surface area contributed by atoms with Crippen LogP contribution >= 0.6 is 15.9 Å². The van der Waals surface area contributed by atoms with Gasteiger partial charge in [-0.05, 0) is 59.3 Å². The molecule has 0 aromatic heterocycles. The van der Waals surface area contributed by atoms with Gasteiger partial charge in [0.2, 0.25) is 0 Å². The zero-order chi connectivity index (χ0) is 13.4. The zero-order valence-corrected chi connectivity index (χ0v) is 12.4. The average molecular weight is 324 g/mol. The Labute approximate surface area is 121 Å². The third kappa shape index (κ3) is 2.38. The van der Waals surface area contributed by atoms with Crippen LogP contribution in [-0.4, -0.2) is 23.7 Å². The lowest BCUT2D eigenvalue weighted by atomic mass is 9.85. The third-order valence-corrected chi connectivity index (χ3v) is 5.18. The molecule has 1 aromatic carbocycles. The highest BCUT2D eigenvalue weighted by Gasteiger charge is 2.35. The number of nitrogens with zero attached hydrogens (tertiary/aromatic N) is 1. The molecule has 2 atom stereocenters. The number of benzene rings is 1. The van der Waals surface area contributed by atoms with E-state index in [1.807, 2.05) is 12.1 Å². The molecule has 3 nitrogen and oxygen atoms in total. The van der Waals surface area contributed by atoms with Gasteiger partial charge in [-0.3, -0.25) is 0 Å². The predicted molar refractivity (Wildman–Crippen MR) is 78.8 cm³/mol. The van der Waals surface area contributed by atoms with Crippen molar-refractivity contribution in [2.24, 2.45) is 5.92 Å². The number of aromatic carboxylic acids is 1. The van der Waals surface area contributed by atoms with Crippen LogP contribution in [0.4, 0.5) is 5.69 Å². The van der Waals surface area contributed by atoms with Gasteiger partial charge in [0.1, 0.15) is 0 Å². The van der Waals surface area contributed by atoms with E-state index >= 15 is 0 Å². The Balaban J connectivity index is 1.86. The number of carboxylic acids is 1. The fourth-order valence-corrected chi connectivity index (χ4v) is 4.12. The van der Waals surface area contributed by atoms with Gasteiger partial charge in [-0.25, -0.2) is 4.79 Å². The van der Waals surface area contributed by atoms with E-state index in [0.717, 1.165) is 18.2 Å². The first-order chi connectivity index (χ1) is 9.16. The summed E-state index contributed by atoms with van der Waals surface area (Å²) in [6.07, 6.45) is 6.62. The highest BCUT2D eigenvalue weighted by Crippen LogP contribution is 2.39. The summed E-state index contributed by atoms with van der Waals surface area (Å²) in [5.41, 5.74) is 1.49. The SMILES string of the molecule is O=C(O)c1ccc(N2CCC3CCCCC32)cc1Br. The van der Waals surface area contributed by atoms with Crippen molar-refractivity contribution >= 4 is 27.6 Å². The number of halogens is 1. The number of anilines is 1. The normalized spacial score (nSPS) is 26.3. The lowest BCUT2D eigenvalue weighted by molar-refractivity contribution is 0.0696. The summed E-state index contributed by atoms with van der Waals surface area (Å²) in [6, 6.07) is 6.28. The maximum Gasteiger partial charge on any atom is 0.336 e. The quantitative estimate of drug-likeness (QED) is 0.896. The van der Waals surface area contributed by atoms with Crippen molar-refractivity contribution in [3.63, 3.8) is 0 Å². The van der Waals surface area contributed by atoms with Crippen molar-refractivity contribution in [1.29, 1.82) is 0 Å². The van der Waals surface area contributed by atoms with Crippen molar-refractivity contribution in [2.45, 2.75) is 38.1 Å². The van der Waals surface area contributed by atoms with E-state index in [9.17, 15) is 4.79 Å². The molecule has 3 rings (SSSR count). The average Bonchev–Trinajstić information content (AvgIpc) is 2.82. The molecule has 1 heterocycles. The van der Waals surface area contributed by atoms with Gasteiger partial charge in [0.15, 0.2) is 0 Å². The largest absolute Gasteiger partial charge is 0.478 e. The molecule has 102 valence electrons. The Morgan fingerprint density at radius 2 is 2.05 bits per heavy atom. The highest BCUT2D eigenvalue weighted by molar-refractivity contribution is 9.10. The second-order valence-electron chi connectivity index (χ2n) is 5.56. The lowest BCUT2D eigenvalue weighted by Crippen LogP contribution is -2.34. The number of carboxylic acid groups (broad SMARTS) is 1. The molecule has 0 amide bonds. The first kappa shape index (κ1) is 13.0. The summed E-state index contributed by atoms with van der Waals surface area (Å²) in [5.74, 6) is -0.0398. The third-order valence-electron chi connectivity index (χ3n) is 4.52. The van der Waals surface area contributed by atoms with Crippen LogP contribution < -0.4 is 4.90 Å². The van der Waals surface area contributed by atoms with E-state index in [-0.39, 0.29) is 0 Å². The molecule has 2 aliphatic rings. The van der Waals surface area contributed by atoms with Crippen molar-refractivity contribution in [3.05, 3.63) is 28.2 Å². The Morgan fingerprint density at radius 3 is 2.79 bits per heavy atom. The molecular weight excluding hydrogens is 306 g/mol. The van der Waals surface area contributed by atoms with E-state index in [2.05, 4.69) is 20.8 Å². The molecule has 1 aromatic rings. The fraction of sp³-hybridized carbons (Fsp3) is 0.533. The fourth-order valence-electron chi connectivity index (χ4n) is 3.58. The standard InChI is InChI=1S/C15H18BrNO2/c16-13-9-11(5-6-12(13)15(18)19)17-8-7-10-3-1-2-4-14(10)17/h5-6,9-10,14H,1-4,7-8H2,(H,18,19). The Bertz CT molecular complexity index is 503. The van der Waals surface area contributed by atoms with Gasteiger partial charge in [-0.2, -0.15) is 0 Å². The summed E-state index contributed by atoms with van der Waals surface area (Å²) in [5, 5.41) is 9.07. The van der Waals surface area contributed by atoms with Gasteiger partial charge in [0, 0.05) is 22.7 Å². The molecule has 1 N–H and O–H groups in total. The number of hydrogen-bond donors (Lipinski definition) is 1. The van der Waals surface area contributed by atoms with E-state index in [0.29, 0.717) is 16.1 Å². The van der Waals surface area contributed by atoms with Crippen LogP contribution in [0.15, 0.2) is 22.7 Å². The molecule has 1 aliphatic carbocycles. The highest BCUT2D eigenvalue weighted by atomic mass is 79.9. The van der Waals surface area contributed by atoms with Crippen LogP contribution in [0.5, 0.6) is 0 Å². The van der Waals surface area contributed by atoms with Crippen LogP contribution in [0.3, 0.4) is 0 Å². The van der Waals surface area contributed by atoms with Gasteiger partial charge in [0.25, 0.3) is 0 Å². The van der Waals surface area contributed by atoms with Gasteiger partial charge in [0.05, 0.1) is 5.56 Å². The Kier molecular flexibility index (Phi) is 3.52. The van der Waals surface area contributed by atoms with Gasteiger partial charge >= 0.3 is 5.97 Å². The van der Waals surface area contributed by atoms with E-state index in [1.54, 1.807) is 6.07 Å². The van der Waals surface area contributed by atoms with E-state index < -0.39 is 5.97 Å². The molecule has 0 spiro atoms. The molecule has 2 unspecified atom stereocenters. The van der Waals surface area contributed by atoms with Crippen LogP contribution in [0.2, 0.25) is 0 Å². The van der Waals surface area contributed by atoms with Gasteiger partial charge < -0.3 is 10.0 Å². The van der Waals surface area contributed by atoms with Crippen LogP contribution in [0.25, 0.3) is 0 Å². The smallest absolute Gasteiger partial charge is 0.336 e. The second-order valence-corrected chi connectivity index (χ2v) is 6.42. The minimum absolute atomic E-state index is 0.336. The first-order valence-electron chi connectivity index (χ1n) is 6.96. The van der Waals surface area contributed by atoms with E-state index in [4.69, 9.17) is 5.11 Å². The molecule has 0 bridgehead atoms. The topological polar surface area (TPSA) is 40.5 Å². The minimum Gasteiger partial charge on any atom is -0.478 e. The molecule has 0 radical (unpaired) electrons.